The van der Waals surface area contributed by atoms with Crippen molar-refractivity contribution in [3.05, 3.63) is 52.0 Å². The zero-order valence-electron chi connectivity index (χ0n) is 18.6. The van der Waals surface area contributed by atoms with Crippen molar-refractivity contribution in [2.45, 2.75) is 31.5 Å². The van der Waals surface area contributed by atoms with Crippen molar-refractivity contribution < 1.29 is 28.7 Å². The molecule has 4 aliphatic heterocycles. The Labute approximate surface area is 204 Å². The molecule has 10 nitrogen and oxygen atoms in total. The maximum Gasteiger partial charge on any atom is 0.250 e. The number of hydrogen-bond acceptors (Lipinski definition) is 7. The number of nitrogens with zero attached hydrogens (tertiary/aromatic N) is 1. The van der Waals surface area contributed by atoms with Crippen LogP contribution < -0.4 is 25.8 Å². The highest BCUT2D eigenvalue weighted by atomic mass is 35.5. The Morgan fingerprint density at radius 1 is 1.17 bits per heavy atom. The first kappa shape index (κ1) is 21.9. The normalized spacial score (nSPS) is 28.0. The van der Waals surface area contributed by atoms with Gasteiger partial charge in [-0.1, -0.05) is 23.7 Å². The van der Waals surface area contributed by atoms with E-state index in [4.69, 9.17) is 26.8 Å². The molecule has 4 N–H and O–H groups in total. The Kier molecular flexibility index (Phi) is 4.64. The smallest absolute Gasteiger partial charge is 0.250 e. The third kappa shape index (κ3) is 2.93. The molecule has 4 aliphatic rings. The number of carbonyl (C=O) groups excluding carboxylic acids is 4. The summed E-state index contributed by atoms with van der Waals surface area (Å²) in [6.45, 7) is 1.86. The van der Waals surface area contributed by atoms with E-state index in [2.05, 4.69) is 10.6 Å². The van der Waals surface area contributed by atoms with Crippen LogP contribution in [0.25, 0.3) is 0 Å². The zero-order chi connectivity index (χ0) is 24.6. The molecule has 0 aliphatic carbocycles. The Balaban J connectivity index is 1.43. The first-order chi connectivity index (χ1) is 16.7. The number of anilines is 1. The first-order valence-electron chi connectivity index (χ1n) is 11.1. The molecule has 35 heavy (non-hydrogen) atoms. The number of benzene rings is 2. The minimum Gasteiger partial charge on any atom is -0.454 e. The van der Waals surface area contributed by atoms with Crippen LogP contribution in [0.15, 0.2) is 30.3 Å². The van der Waals surface area contributed by atoms with Crippen LogP contribution in [0.5, 0.6) is 11.5 Å². The van der Waals surface area contributed by atoms with Gasteiger partial charge in [0.2, 0.25) is 30.4 Å². The molecule has 2 fully saturated rings. The molecular weight excluding hydrogens is 476 g/mol. The van der Waals surface area contributed by atoms with Gasteiger partial charge in [0.05, 0.1) is 24.1 Å². The van der Waals surface area contributed by atoms with Crippen LogP contribution >= 0.6 is 11.6 Å². The molecule has 2 aromatic rings. The molecule has 2 aromatic carbocycles. The van der Waals surface area contributed by atoms with E-state index in [9.17, 15) is 19.2 Å². The summed E-state index contributed by atoms with van der Waals surface area (Å²) < 4.78 is 10.7. The predicted octanol–water partition coefficient (Wildman–Crippen LogP) is 1.17. The van der Waals surface area contributed by atoms with Crippen LogP contribution in [0.1, 0.15) is 23.1 Å². The molecule has 0 aromatic heterocycles. The lowest BCUT2D eigenvalue weighted by Crippen LogP contribution is -2.53. The number of carbonyl (C=O) groups is 4. The van der Waals surface area contributed by atoms with Crippen LogP contribution in [0.2, 0.25) is 5.02 Å². The van der Waals surface area contributed by atoms with Crippen LogP contribution in [0.4, 0.5) is 5.69 Å². The van der Waals surface area contributed by atoms with Crippen molar-refractivity contribution in [3.8, 4) is 11.5 Å². The molecule has 6 rings (SSSR count). The van der Waals surface area contributed by atoms with E-state index in [1.54, 1.807) is 37.3 Å². The SMILES string of the molecule is Cc1c(Cl)ccc2c1NC(=O)C21NC(CC(N)=O)[C@H]2C(=O)N(Cc3ccc4c(c3)OCO4)C(=O)[C@H]21. The quantitative estimate of drug-likeness (QED) is 0.540. The van der Waals surface area contributed by atoms with Crippen molar-refractivity contribution in [1.82, 2.24) is 10.2 Å². The second-order valence-corrected chi connectivity index (χ2v) is 9.64. The number of amides is 4. The second-order valence-electron chi connectivity index (χ2n) is 9.23. The average molecular weight is 497 g/mol. The highest BCUT2D eigenvalue weighted by Crippen LogP contribution is 2.54. The fourth-order valence-electron chi connectivity index (χ4n) is 5.82. The molecular formula is C24H21ClN4O6. The van der Waals surface area contributed by atoms with Crippen molar-refractivity contribution in [1.29, 1.82) is 0 Å². The topological polar surface area (TPSA) is 140 Å². The first-order valence-corrected chi connectivity index (χ1v) is 11.5. The Morgan fingerprint density at radius 2 is 1.94 bits per heavy atom. The molecule has 11 heteroatoms. The highest BCUT2D eigenvalue weighted by Gasteiger charge is 2.70. The number of primary amides is 1. The van der Waals surface area contributed by atoms with E-state index in [1.807, 2.05) is 0 Å². The van der Waals surface area contributed by atoms with Gasteiger partial charge in [-0.05, 0) is 36.2 Å². The van der Waals surface area contributed by atoms with Gasteiger partial charge in [0.15, 0.2) is 11.5 Å². The number of hydrogen-bond donors (Lipinski definition) is 3. The van der Waals surface area contributed by atoms with Gasteiger partial charge < -0.3 is 20.5 Å². The highest BCUT2D eigenvalue weighted by molar-refractivity contribution is 6.32. The van der Waals surface area contributed by atoms with E-state index < -0.39 is 47.0 Å². The molecule has 2 unspecified atom stereocenters. The number of ether oxygens (including phenoxy) is 2. The number of nitrogens with one attached hydrogen (secondary N) is 2. The molecule has 0 saturated carbocycles. The van der Waals surface area contributed by atoms with Gasteiger partial charge >= 0.3 is 0 Å². The third-order valence-electron chi connectivity index (χ3n) is 7.37. The molecule has 0 bridgehead atoms. The van der Waals surface area contributed by atoms with Crippen molar-refractivity contribution in [3.63, 3.8) is 0 Å². The van der Waals surface area contributed by atoms with Crippen LogP contribution in [-0.4, -0.2) is 41.4 Å². The summed E-state index contributed by atoms with van der Waals surface area (Å²) in [7, 11) is 0. The van der Waals surface area contributed by atoms with Crippen LogP contribution in [0.3, 0.4) is 0 Å². The summed E-state index contributed by atoms with van der Waals surface area (Å²) in [5.41, 5.74) is 6.30. The molecule has 4 heterocycles. The molecule has 0 radical (unpaired) electrons. The van der Waals surface area contributed by atoms with Crippen molar-refractivity contribution in [2.75, 3.05) is 12.1 Å². The monoisotopic (exact) mass is 496 g/mol. The fourth-order valence-corrected chi connectivity index (χ4v) is 5.98. The summed E-state index contributed by atoms with van der Waals surface area (Å²) in [5, 5.41) is 6.47. The van der Waals surface area contributed by atoms with Gasteiger partial charge in [-0.2, -0.15) is 0 Å². The van der Waals surface area contributed by atoms with Crippen LogP contribution in [-0.2, 0) is 31.3 Å². The van der Waals surface area contributed by atoms with E-state index in [1.165, 1.54) is 0 Å². The van der Waals surface area contributed by atoms with Crippen molar-refractivity contribution >= 4 is 40.9 Å². The molecule has 180 valence electrons. The van der Waals surface area contributed by atoms with E-state index in [0.717, 1.165) is 4.90 Å². The summed E-state index contributed by atoms with van der Waals surface area (Å²) >= 11 is 6.27. The van der Waals surface area contributed by atoms with Gasteiger partial charge in [-0.25, -0.2) is 0 Å². The number of rotatable bonds is 4. The fraction of sp³-hybridized carbons (Fsp3) is 0.333. The van der Waals surface area contributed by atoms with Gasteiger partial charge in [-0.3, -0.25) is 29.4 Å². The van der Waals surface area contributed by atoms with E-state index in [-0.39, 0.29) is 19.8 Å². The van der Waals surface area contributed by atoms with Gasteiger partial charge in [0.25, 0.3) is 0 Å². The number of fused-ring (bicyclic) bond motifs is 5. The maximum atomic E-state index is 13.8. The lowest BCUT2D eigenvalue weighted by atomic mass is 9.76. The lowest BCUT2D eigenvalue weighted by molar-refractivity contribution is -0.143. The Hall–Kier alpha value is -3.63. The summed E-state index contributed by atoms with van der Waals surface area (Å²) in [5.74, 6) is -2.92. The number of halogens is 1. The predicted molar refractivity (Wildman–Crippen MR) is 122 cm³/mol. The van der Waals surface area contributed by atoms with Crippen molar-refractivity contribution in [2.24, 2.45) is 17.6 Å². The molecule has 4 amide bonds. The maximum absolute atomic E-state index is 13.8. The molecule has 2 saturated heterocycles. The van der Waals surface area contributed by atoms with E-state index in [0.29, 0.717) is 38.9 Å². The summed E-state index contributed by atoms with van der Waals surface area (Å²) in [6.07, 6.45) is -0.199. The Morgan fingerprint density at radius 3 is 2.71 bits per heavy atom. The summed E-state index contributed by atoms with van der Waals surface area (Å²) in [4.78, 5) is 53.9. The van der Waals surface area contributed by atoms with Crippen LogP contribution in [0, 0.1) is 18.8 Å². The van der Waals surface area contributed by atoms with Gasteiger partial charge in [0, 0.05) is 23.0 Å². The third-order valence-corrected chi connectivity index (χ3v) is 7.78. The number of imide groups is 1. The zero-order valence-corrected chi connectivity index (χ0v) is 19.3. The Bertz CT molecular complexity index is 1350. The minimum absolute atomic E-state index is 0.00516. The number of nitrogens with two attached hydrogens (primary N) is 1. The number of likely N-dealkylation sites (tertiary alicyclic amines) is 1. The largest absolute Gasteiger partial charge is 0.454 e. The summed E-state index contributed by atoms with van der Waals surface area (Å²) in [6, 6.07) is 7.73. The second kappa shape index (κ2) is 7.43. The van der Waals surface area contributed by atoms with Gasteiger partial charge in [-0.15, -0.1) is 0 Å². The standard InChI is InChI=1S/C24H21ClN4O6/c1-10-13(25)4-3-12-20(10)27-23(33)24(12)19-18(14(28-24)7-17(26)30)21(31)29(22(19)32)8-11-2-5-15-16(6-11)35-9-34-15/h2-6,14,18-19,28H,7-9H2,1H3,(H2,26,30)(H,27,33)/t14?,18-,19+,24?/m1/s1. The molecule has 1 spiro atoms. The molecule has 4 atom stereocenters. The lowest BCUT2D eigenvalue weighted by Gasteiger charge is -2.29. The van der Waals surface area contributed by atoms with E-state index >= 15 is 0 Å². The van der Waals surface area contributed by atoms with Gasteiger partial charge in [0.1, 0.15) is 5.54 Å². The average Bonchev–Trinajstić information content (AvgIpc) is 3.53. The minimum atomic E-state index is -1.52.